The zero-order valence-electron chi connectivity index (χ0n) is 12.8. The number of pyridine rings is 1. The maximum absolute atomic E-state index is 12.5. The van der Waals surface area contributed by atoms with E-state index in [4.69, 9.17) is 10.5 Å². The molecule has 2 aromatic rings. The molecule has 0 radical (unpaired) electrons. The second kappa shape index (κ2) is 7.47. The summed E-state index contributed by atoms with van der Waals surface area (Å²) in [5.74, 6) is 0.190. The van der Waals surface area contributed by atoms with E-state index in [9.17, 15) is 9.59 Å². The molecule has 0 spiro atoms. The Morgan fingerprint density at radius 3 is 2.77 bits per heavy atom. The molecule has 0 fully saturated rings. The number of esters is 1. The van der Waals surface area contributed by atoms with E-state index in [1.54, 1.807) is 18.7 Å². The number of nitrogens with two attached hydrogens (primary N) is 1. The molecule has 1 aromatic carbocycles. The molecule has 0 saturated heterocycles. The molecular formula is C16H20N2O3S. The van der Waals surface area contributed by atoms with Crippen LogP contribution in [0.4, 0.5) is 0 Å². The molecular weight excluding hydrogens is 300 g/mol. The molecule has 0 bridgehead atoms. The minimum Gasteiger partial charge on any atom is -0.462 e. The van der Waals surface area contributed by atoms with Gasteiger partial charge in [-0.25, -0.2) is 4.79 Å². The molecule has 0 aliphatic heterocycles. The van der Waals surface area contributed by atoms with Gasteiger partial charge < -0.3 is 15.5 Å². The maximum atomic E-state index is 12.5. The third-order valence-electron chi connectivity index (χ3n) is 3.31. The molecule has 2 rings (SSSR count). The van der Waals surface area contributed by atoms with Gasteiger partial charge in [0.2, 0.25) is 5.43 Å². The number of ether oxygens (including phenoxy) is 1. The Kier molecular flexibility index (Phi) is 5.63. The zero-order valence-corrected chi connectivity index (χ0v) is 13.6. The Labute approximate surface area is 133 Å². The van der Waals surface area contributed by atoms with E-state index in [1.807, 2.05) is 12.1 Å². The van der Waals surface area contributed by atoms with Crippen LogP contribution in [0.25, 0.3) is 10.9 Å². The standard InChI is InChI=1S/C16H20N2O3S/c1-3-10-7-13-11(8-14(10)22-6-5-17)15(19)12(9-18-13)16(20)21-4-2/h7-9H,3-6,17H2,1-2H3,(H,18,19). The molecule has 0 unspecified atom stereocenters. The normalized spacial score (nSPS) is 10.9. The monoisotopic (exact) mass is 320 g/mol. The minimum atomic E-state index is -0.596. The number of carbonyl (C=O) groups excluding carboxylic acids is 1. The van der Waals surface area contributed by atoms with E-state index in [-0.39, 0.29) is 17.6 Å². The first-order valence-corrected chi connectivity index (χ1v) is 8.29. The molecule has 1 heterocycles. The summed E-state index contributed by atoms with van der Waals surface area (Å²) in [6.45, 7) is 4.59. The number of thioether (sulfide) groups is 1. The number of aromatic amines is 1. The largest absolute Gasteiger partial charge is 0.462 e. The molecule has 0 aliphatic rings. The van der Waals surface area contributed by atoms with Crippen LogP contribution in [0, 0.1) is 0 Å². The van der Waals surface area contributed by atoms with Gasteiger partial charge in [0.25, 0.3) is 0 Å². The van der Waals surface area contributed by atoms with E-state index in [0.29, 0.717) is 11.9 Å². The summed E-state index contributed by atoms with van der Waals surface area (Å²) in [6.07, 6.45) is 2.29. The number of nitrogens with one attached hydrogen (secondary N) is 1. The van der Waals surface area contributed by atoms with Gasteiger partial charge in [-0.3, -0.25) is 4.79 Å². The summed E-state index contributed by atoms with van der Waals surface area (Å²) < 4.78 is 4.92. The molecule has 1 aromatic heterocycles. The smallest absolute Gasteiger partial charge is 0.343 e. The molecule has 0 atom stereocenters. The zero-order chi connectivity index (χ0) is 16.1. The van der Waals surface area contributed by atoms with E-state index in [2.05, 4.69) is 11.9 Å². The SMILES string of the molecule is CCOC(=O)c1c[nH]c2cc(CC)c(SCCN)cc2c1=O. The number of H-pyrrole nitrogens is 1. The van der Waals surface area contributed by atoms with Gasteiger partial charge >= 0.3 is 5.97 Å². The number of hydrogen-bond acceptors (Lipinski definition) is 5. The number of aryl methyl sites for hydroxylation is 1. The lowest BCUT2D eigenvalue weighted by Crippen LogP contribution is -2.18. The Hall–Kier alpha value is -1.79. The predicted octanol–water partition coefficient (Wildman–Crippen LogP) is 2.32. The Morgan fingerprint density at radius 2 is 2.14 bits per heavy atom. The summed E-state index contributed by atoms with van der Waals surface area (Å²) in [6, 6.07) is 3.81. The molecule has 5 nitrogen and oxygen atoms in total. The van der Waals surface area contributed by atoms with Gasteiger partial charge in [-0.05, 0) is 31.0 Å². The van der Waals surface area contributed by atoms with Gasteiger partial charge in [-0.1, -0.05) is 6.92 Å². The molecule has 6 heteroatoms. The summed E-state index contributed by atoms with van der Waals surface area (Å²) in [5.41, 5.74) is 7.18. The third-order valence-corrected chi connectivity index (χ3v) is 4.44. The fourth-order valence-electron chi connectivity index (χ4n) is 2.23. The lowest BCUT2D eigenvalue weighted by Gasteiger charge is -2.10. The van der Waals surface area contributed by atoms with Crippen molar-refractivity contribution in [2.75, 3.05) is 18.9 Å². The summed E-state index contributed by atoms with van der Waals surface area (Å²) in [5, 5.41) is 0.502. The van der Waals surface area contributed by atoms with Crippen molar-refractivity contribution in [1.29, 1.82) is 0 Å². The average molecular weight is 320 g/mol. The molecule has 0 saturated carbocycles. The van der Waals surface area contributed by atoms with Crippen molar-refractivity contribution in [3.63, 3.8) is 0 Å². The Morgan fingerprint density at radius 1 is 1.36 bits per heavy atom. The molecule has 0 aliphatic carbocycles. The first-order chi connectivity index (χ1) is 10.6. The van der Waals surface area contributed by atoms with Crippen molar-refractivity contribution >= 4 is 28.6 Å². The predicted molar refractivity (Wildman–Crippen MR) is 89.7 cm³/mol. The van der Waals surface area contributed by atoms with E-state index >= 15 is 0 Å². The van der Waals surface area contributed by atoms with Crippen molar-refractivity contribution in [3.05, 3.63) is 39.7 Å². The van der Waals surface area contributed by atoms with Crippen LogP contribution in [-0.2, 0) is 11.2 Å². The van der Waals surface area contributed by atoms with Gasteiger partial charge in [-0.15, -0.1) is 11.8 Å². The van der Waals surface area contributed by atoms with E-state index in [1.165, 1.54) is 6.20 Å². The quantitative estimate of drug-likeness (QED) is 0.630. The Balaban J connectivity index is 2.57. The fourth-order valence-corrected chi connectivity index (χ4v) is 3.16. The number of fused-ring (bicyclic) bond motifs is 1. The van der Waals surface area contributed by atoms with Crippen molar-refractivity contribution in [2.24, 2.45) is 5.73 Å². The highest BCUT2D eigenvalue weighted by atomic mass is 32.2. The first kappa shape index (κ1) is 16.6. The number of hydrogen-bond donors (Lipinski definition) is 2. The van der Waals surface area contributed by atoms with Gasteiger partial charge in [-0.2, -0.15) is 0 Å². The first-order valence-electron chi connectivity index (χ1n) is 7.30. The van der Waals surface area contributed by atoms with E-state index < -0.39 is 5.97 Å². The highest BCUT2D eigenvalue weighted by Gasteiger charge is 2.15. The Bertz CT molecular complexity index is 740. The van der Waals surface area contributed by atoms with Gasteiger partial charge in [0.15, 0.2) is 0 Å². The fraction of sp³-hybridized carbons (Fsp3) is 0.375. The topological polar surface area (TPSA) is 85.2 Å². The minimum absolute atomic E-state index is 0.0355. The summed E-state index contributed by atoms with van der Waals surface area (Å²) >= 11 is 1.63. The molecule has 3 N–H and O–H groups in total. The highest BCUT2D eigenvalue weighted by molar-refractivity contribution is 7.99. The molecule has 0 amide bonds. The summed E-state index contributed by atoms with van der Waals surface area (Å²) in [4.78, 5) is 28.4. The van der Waals surface area contributed by atoms with Crippen molar-refractivity contribution in [1.82, 2.24) is 4.98 Å². The summed E-state index contributed by atoms with van der Waals surface area (Å²) in [7, 11) is 0. The number of benzene rings is 1. The average Bonchev–Trinajstić information content (AvgIpc) is 2.52. The van der Waals surface area contributed by atoms with Gasteiger partial charge in [0, 0.05) is 34.3 Å². The number of aromatic nitrogens is 1. The van der Waals surface area contributed by atoms with Crippen molar-refractivity contribution in [2.45, 2.75) is 25.2 Å². The lowest BCUT2D eigenvalue weighted by molar-refractivity contribution is 0.0524. The van der Waals surface area contributed by atoms with Crippen molar-refractivity contribution < 1.29 is 9.53 Å². The maximum Gasteiger partial charge on any atom is 0.343 e. The third kappa shape index (κ3) is 3.34. The van der Waals surface area contributed by atoms with Crippen LogP contribution in [0.1, 0.15) is 29.8 Å². The van der Waals surface area contributed by atoms with Crippen LogP contribution in [0.3, 0.4) is 0 Å². The van der Waals surface area contributed by atoms with Crippen LogP contribution < -0.4 is 11.2 Å². The lowest BCUT2D eigenvalue weighted by atomic mass is 10.1. The molecule has 22 heavy (non-hydrogen) atoms. The van der Waals surface area contributed by atoms with Crippen LogP contribution in [0.15, 0.2) is 28.0 Å². The van der Waals surface area contributed by atoms with Gasteiger partial charge in [0.05, 0.1) is 6.61 Å². The molecule has 118 valence electrons. The van der Waals surface area contributed by atoms with Crippen LogP contribution in [0.2, 0.25) is 0 Å². The van der Waals surface area contributed by atoms with Crippen LogP contribution in [0.5, 0.6) is 0 Å². The second-order valence-corrected chi connectivity index (χ2v) is 5.88. The second-order valence-electron chi connectivity index (χ2n) is 4.75. The van der Waals surface area contributed by atoms with Crippen LogP contribution in [-0.4, -0.2) is 29.9 Å². The van der Waals surface area contributed by atoms with Crippen LogP contribution >= 0.6 is 11.8 Å². The van der Waals surface area contributed by atoms with Gasteiger partial charge in [0.1, 0.15) is 5.56 Å². The highest BCUT2D eigenvalue weighted by Crippen LogP contribution is 2.26. The van der Waals surface area contributed by atoms with Crippen molar-refractivity contribution in [3.8, 4) is 0 Å². The number of rotatable bonds is 6. The van der Waals surface area contributed by atoms with E-state index in [0.717, 1.165) is 28.1 Å². The number of carbonyl (C=O) groups is 1.